The third-order valence-electron chi connectivity index (χ3n) is 3.75. The summed E-state index contributed by atoms with van der Waals surface area (Å²) in [5.41, 5.74) is 5.22. The molecule has 0 unspecified atom stereocenters. The van der Waals surface area contributed by atoms with E-state index in [1.807, 2.05) is 35.9 Å². The highest BCUT2D eigenvalue weighted by atomic mass is 16.1. The topological polar surface area (TPSA) is 34.9 Å². The van der Waals surface area contributed by atoms with Gasteiger partial charge in [-0.05, 0) is 50.5 Å². The van der Waals surface area contributed by atoms with Crippen LogP contribution >= 0.6 is 0 Å². The fourth-order valence-electron chi connectivity index (χ4n) is 2.29. The number of Topliss-reactive ketones (excluding diaryl/α,β-unsaturated/α-hetero) is 1. The van der Waals surface area contributed by atoms with Gasteiger partial charge in [0, 0.05) is 17.8 Å². The summed E-state index contributed by atoms with van der Waals surface area (Å²) in [5.74, 6) is 0.158. The Morgan fingerprint density at radius 1 is 1.15 bits per heavy atom. The van der Waals surface area contributed by atoms with E-state index in [4.69, 9.17) is 0 Å². The molecule has 3 heteroatoms. The van der Waals surface area contributed by atoms with Crippen LogP contribution in [-0.4, -0.2) is 15.6 Å². The molecule has 0 saturated carbocycles. The maximum atomic E-state index is 12.4. The average molecular weight is 270 g/mol. The molecule has 0 amide bonds. The van der Waals surface area contributed by atoms with Crippen LogP contribution < -0.4 is 0 Å². The highest BCUT2D eigenvalue weighted by Gasteiger charge is 2.12. The van der Waals surface area contributed by atoms with Gasteiger partial charge in [0.15, 0.2) is 5.78 Å². The van der Waals surface area contributed by atoms with Crippen LogP contribution in [0.25, 0.3) is 0 Å². The van der Waals surface area contributed by atoms with Gasteiger partial charge in [0.25, 0.3) is 0 Å². The molecular formula is C17H22N2O. The molecule has 0 radical (unpaired) electrons. The van der Waals surface area contributed by atoms with Gasteiger partial charge in [0.1, 0.15) is 0 Å². The lowest BCUT2D eigenvalue weighted by molar-refractivity contribution is 0.0990. The van der Waals surface area contributed by atoms with Crippen molar-refractivity contribution in [2.75, 3.05) is 0 Å². The zero-order chi connectivity index (χ0) is 14.7. The summed E-state index contributed by atoms with van der Waals surface area (Å²) in [4.78, 5) is 12.4. The average Bonchev–Trinajstić information content (AvgIpc) is 2.84. The summed E-state index contributed by atoms with van der Waals surface area (Å²) in [6.07, 6.45) is 1.32. The summed E-state index contributed by atoms with van der Waals surface area (Å²) in [6, 6.07) is 7.95. The first kappa shape index (κ1) is 14.5. The monoisotopic (exact) mass is 270 g/mol. The third-order valence-corrected chi connectivity index (χ3v) is 3.75. The fraction of sp³-hybridized carbons (Fsp3) is 0.412. The van der Waals surface area contributed by atoms with E-state index in [9.17, 15) is 4.79 Å². The van der Waals surface area contributed by atoms with Gasteiger partial charge in [-0.2, -0.15) is 5.10 Å². The molecule has 1 aromatic carbocycles. The van der Waals surface area contributed by atoms with Crippen LogP contribution in [0.5, 0.6) is 0 Å². The van der Waals surface area contributed by atoms with Crippen molar-refractivity contribution in [1.29, 1.82) is 0 Å². The molecule has 0 atom stereocenters. The number of nitrogens with zero attached hydrogens (tertiary/aromatic N) is 2. The maximum absolute atomic E-state index is 12.4. The molecule has 2 rings (SSSR count). The van der Waals surface area contributed by atoms with Crippen molar-refractivity contribution < 1.29 is 4.79 Å². The predicted octanol–water partition coefficient (Wildman–Crippen LogP) is 3.51. The summed E-state index contributed by atoms with van der Waals surface area (Å²) >= 11 is 0. The predicted molar refractivity (Wildman–Crippen MR) is 81.2 cm³/mol. The van der Waals surface area contributed by atoms with Crippen LogP contribution in [0, 0.1) is 13.8 Å². The summed E-state index contributed by atoms with van der Waals surface area (Å²) in [7, 11) is 0. The standard InChI is InChI=1S/C17H22N2O/c1-5-15-10-16(19(6-2)18-15)11-17(20)14-8-7-12(3)13(4)9-14/h7-10H,5-6,11H2,1-4H3. The number of hydrogen-bond donors (Lipinski definition) is 0. The first-order chi connectivity index (χ1) is 9.55. The lowest BCUT2D eigenvalue weighted by Crippen LogP contribution is -2.10. The molecule has 0 fully saturated rings. The number of aromatic nitrogens is 2. The van der Waals surface area contributed by atoms with E-state index >= 15 is 0 Å². The van der Waals surface area contributed by atoms with E-state index in [0.29, 0.717) is 6.42 Å². The van der Waals surface area contributed by atoms with E-state index in [-0.39, 0.29) is 5.78 Å². The van der Waals surface area contributed by atoms with Crippen molar-refractivity contribution in [3.8, 4) is 0 Å². The molecule has 0 N–H and O–H groups in total. The Bertz CT molecular complexity index is 626. The van der Waals surface area contributed by atoms with Crippen molar-refractivity contribution in [2.45, 2.75) is 47.1 Å². The van der Waals surface area contributed by atoms with Crippen molar-refractivity contribution in [3.05, 3.63) is 52.3 Å². The minimum atomic E-state index is 0.158. The number of aryl methyl sites for hydroxylation is 4. The quantitative estimate of drug-likeness (QED) is 0.779. The lowest BCUT2D eigenvalue weighted by atomic mass is 10.0. The molecule has 2 aromatic rings. The van der Waals surface area contributed by atoms with E-state index in [2.05, 4.69) is 25.9 Å². The van der Waals surface area contributed by atoms with Gasteiger partial charge in [-0.15, -0.1) is 0 Å². The fourth-order valence-corrected chi connectivity index (χ4v) is 2.29. The SMILES string of the molecule is CCc1cc(CC(=O)c2ccc(C)c(C)c2)n(CC)n1. The third kappa shape index (κ3) is 2.98. The Kier molecular flexibility index (Phi) is 4.38. The second kappa shape index (κ2) is 6.04. The minimum absolute atomic E-state index is 0.158. The largest absolute Gasteiger partial charge is 0.294 e. The van der Waals surface area contributed by atoms with Gasteiger partial charge in [-0.3, -0.25) is 9.48 Å². The zero-order valence-corrected chi connectivity index (χ0v) is 12.7. The van der Waals surface area contributed by atoms with Gasteiger partial charge in [-0.25, -0.2) is 0 Å². The summed E-state index contributed by atoms with van der Waals surface area (Å²) in [6.45, 7) is 9.03. The molecule has 3 nitrogen and oxygen atoms in total. The Hall–Kier alpha value is -1.90. The van der Waals surface area contributed by atoms with Crippen molar-refractivity contribution in [2.24, 2.45) is 0 Å². The van der Waals surface area contributed by atoms with Crippen LogP contribution in [0.1, 0.15) is 46.7 Å². The molecule has 0 spiro atoms. The first-order valence-electron chi connectivity index (χ1n) is 7.21. The van der Waals surface area contributed by atoms with Gasteiger partial charge < -0.3 is 0 Å². The Morgan fingerprint density at radius 2 is 1.90 bits per heavy atom. The number of hydrogen-bond acceptors (Lipinski definition) is 2. The molecule has 1 aromatic heterocycles. The molecule has 0 aliphatic carbocycles. The lowest BCUT2D eigenvalue weighted by Gasteiger charge is -2.06. The number of carbonyl (C=O) groups excluding carboxylic acids is 1. The summed E-state index contributed by atoms with van der Waals surface area (Å²) in [5, 5.41) is 4.49. The molecule has 0 aliphatic heterocycles. The molecular weight excluding hydrogens is 248 g/mol. The van der Waals surface area contributed by atoms with Gasteiger partial charge in [0.05, 0.1) is 12.1 Å². The summed E-state index contributed by atoms with van der Waals surface area (Å²) < 4.78 is 1.93. The van der Waals surface area contributed by atoms with Gasteiger partial charge in [0.2, 0.25) is 0 Å². The highest BCUT2D eigenvalue weighted by molar-refractivity contribution is 5.97. The number of carbonyl (C=O) groups is 1. The van der Waals surface area contributed by atoms with Crippen LogP contribution in [0.2, 0.25) is 0 Å². The molecule has 0 saturated heterocycles. The van der Waals surface area contributed by atoms with E-state index in [1.165, 1.54) is 5.56 Å². The minimum Gasteiger partial charge on any atom is -0.294 e. The van der Waals surface area contributed by atoms with Crippen molar-refractivity contribution in [3.63, 3.8) is 0 Å². The molecule has 20 heavy (non-hydrogen) atoms. The smallest absolute Gasteiger partial charge is 0.168 e. The second-order valence-corrected chi connectivity index (χ2v) is 5.20. The normalized spacial score (nSPS) is 10.8. The van der Waals surface area contributed by atoms with Crippen LogP contribution in [-0.2, 0) is 19.4 Å². The van der Waals surface area contributed by atoms with E-state index < -0.39 is 0 Å². The number of rotatable bonds is 5. The van der Waals surface area contributed by atoms with E-state index in [1.54, 1.807) is 0 Å². The highest BCUT2D eigenvalue weighted by Crippen LogP contribution is 2.14. The van der Waals surface area contributed by atoms with Gasteiger partial charge in [-0.1, -0.05) is 19.1 Å². The van der Waals surface area contributed by atoms with Crippen molar-refractivity contribution >= 4 is 5.78 Å². The van der Waals surface area contributed by atoms with Crippen LogP contribution in [0.15, 0.2) is 24.3 Å². The number of benzene rings is 1. The molecule has 0 aliphatic rings. The zero-order valence-electron chi connectivity index (χ0n) is 12.7. The Morgan fingerprint density at radius 3 is 2.50 bits per heavy atom. The Balaban J connectivity index is 2.22. The molecule has 1 heterocycles. The number of ketones is 1. The van der Waals surface area contributed by atoms with Gasteiger partial charge >= 0.3 is 0 Å². The first-order valence-corrected chi connectivity index (χ1v) is 7.21. The maximum Gasteiger partial charge on any atom is 0.168 e. The Labute approximate surface area is 120 Å². The second-order valence-electron chi connectivity index (χ2n) is 5.20. The molecule has 0 bridgehead atoms. The van der Waals surface area contributed by atoms with Crippen molar-refractivity contribution in [1.82, 2.24) is 9.78 Å². The van der Waals surface area contributed by atoms with Crippen LogP contribution in [0.3, 0.4) is 0 Å². The molecule has 106 valence electrons. The van der Waals surface area contributed by atoms with Crippen LogP contribution in [0.4, 0.5) is 0 Å². The van der Waals surface area contributed by atoms with E-state index in [0.717, 1.165) is 35.5 Å².